The van der Waals surface area contributed by atoms with E-state index in [9.17, 15) is 5.11 Å². The van der Waals surface area contributed by atoms with Crippen molar-refractivity contribution in [2.24, 2.45) is 0 Å². The molecule has 0 aliphatic carbocycles. The second kappa shape index (κ2) is 4.55. The van der Waals surface area contributed by atoms with Crippen LogP contribution in [0.3, 0.4) is 0 Å². The van der Waals surface area contributed by atoms with Gasteiger partial charge in [-0.3, -0.25) is 0 Å². The number of benzene rings is 1. The van der Waals surface area contributed by atoms with Gasteiger partial charge in [0, 0.05) is 11.8 Å². The second-order valence-corrected chi connectivity index (χ2v) is 4.00. The van der Waals surface area contributed by atoms with Crippen LogP contribution in [0, 0.1) is 0 Å². The number of hydrogen-bond acceptors (Lipinski definition) is 3. The molecule has 1 heterocycles. The minimum absolute atomic E-state index is 0.446. The van der Waals surface area contributed by atoms with Gasteiger partial charge in [0.2, 0.25) is 5.88 Å². The first-order chi connectivity index (χ1) is 8.16. The van der Waals surface area contributed by atoms with Crippen molar-refractivity contribution in [1.29, 1.82) is 0 Å². The van der Waals surface area contributed by atoms with Gasteiger partial charge in [-0.15, -0.1) is 0 Å². The van der Waals surface area contributed by atoms with Crippen LogP contribution < -0.4 is 4.74 Å². The fourth-order valence-corrected chi connectivity index (χ4v) is 1.84. The normalized spacial score (nSPS) is 14.1. The maximum atomic E-state index is 10.6. The molecule has 1 N–H and O–H groups in total. The van der Waals surface area contributed by atoms with E-state index in [2.05, 4.69) is 4.98 Å². The first-order valence-electron chi connectivity index (χ1n) is 5.43. The minimum atomic E-state index is -1.11. The van der Waals surface area contributed by atoms with E-state index in [1.165, 1.54) is 0 Å². The molecule has 0 fully saturated rings. The van der Waals surface area contributed by atoms with Crippen molar-refractivity contribution in [3.63, 3.8) is 0 Å². The van der Waals surface area contributed by atoms with E-state index in [-0.39, 0.29) is 0 Å². The van der Waals surface area contributed by atoms with E-state index in [0.717, 1.165) is 5.56 Å². The van der Waals surface area contributed by atoms with Crippen molar-refractivity contribution in [2.45, 2.75) is 12.5 Å². The Labute approximate surface area is 101 Å². The molecule has 1 atom stereocenters. The third-order valence-corrected chi connectivity index (χ3v) is 2.82. The monoisotopic (exact) mass is 229 g/mol. The number of pyridine rings is 1. The van der Waals surface area contributed by atoms with Gasteiger partial charge < -0.3 is 9.84 Å². The number of hydrogen-bond donors (Lipinski definition) is 1. The van der Waals surface area contributed by atoms with Crippen LogP contribution in [0.2, 0.25) is 0 Å². The number of methoxy groups -OCH3 is 1. The highest BCUT2D eigenvalue weighted by atomic mass is 16.5. The Bertz CT molecular complexity index is 495. The highest BCUT2D eigenvalue weighted by molar-refractivity contribution is 5.40. The number of aliphatic hydroxyl groups is 1. The molecule has 88 valence electrons. The molecule has 0 aliphatic rings. The molecule has 1 aromatic carbocycles. The number of nitrogens with zero attached hydrogens (tertiary/aromatic N) is 1. The lowest BCUT2D eigenvalue weighted by Gasteiger charge is -2.25. The van der Waals surface area contributed by atoms with Crippen molar-refractivity contribution < 1.29 is 9.84 Å². The number of rotatable bonds is 3. The second-order valence-electron chi connectivity index (χ2n) is 4.00. The highest BCUT2D eigenvalue weighted by Gasteiger charge is 2.29. The smallest absolute Gasteiger partial charge is 0.219 e. The quantitative estimate of drug-likeness (QED) is 0.878. The van der Waals surface area contributed by atoms with Gasteiger partial charge in [-0.2, -0.15) is 0 Å². The molecule has 0 unspecified atom stereocenters. The molecule has 0 amide bonds. The van der Waals surface area contributed by atoms with Crippen LogP contribution in [0.25, 0.3) is 0 Å². The Balaban J connectivity index is 2.51. The van der Waals surface area contributed by atoms with E-state index in [1.807, 2.05) is 36.4 Å². The summed E-state index contributed by atoms with van der Waals surface area (Å²) in [7, 11) is 1.55. The van der Waals surface area contributed by atoms with Crippen molar-refractivity contribution in [3.05, 3.63) is 59.8 Å². The predicted molar refractivity (Wildman–Crippen MR) is 65.9 cm³/mol. The summed E-state index contributed by atoms with van der Waals surface area (Å²) in [6, 6.07) is 13.1. The summed E-state index contributed by atoms with van der Waals surface area (Å²) >= 11 is 0. The molecule has 0 bridgehead atoms. The van der Waals surface area contributed by atoms with Crippen molar-refractivity contribution in [2.75, 3.05) is 7.11 Å². The summed E-state index contributed by atoms with van der Waals surface area (Å²) in [6.07, 6.45) is 1.64. The van der Waals surface area contributed by atoms with E-state index in [1.54, 1.807) is 26.3 Å². The van der Waals surface area contributed by atoms with Gasteiger partial charge in [0.1, 0.15) is 5.60 Å². The van der Waals surface area contributed by atoms with E-state index in [0.29, 0.717) is 11.4 Å². The first-order valence-corrected chi connectivity index (χ1v) is 5.43. The van der Waals surface area contributed by atoms with Gasteiger partial charge in [-0.05, 0) is 24.6 Å². The molecule has 0 radical (unpaired) electrons. The van der Waals surface area contributed by atoms with Gasteiger partial charge >= 0.3 is 0 Å². The van der Waals surface area contributed by atoms with Crippen LogP contribution in [0.4, 0.5) is 0 Å². The third kappa shape index (κ3) is 2.15. The average Bonchev–Trinajstić information content (AvgIpc) is 2.39. The molecule has 0 spiro atoms. The van der Waals surface area contributed by atoms with Crippen LogP contribution in [0.15, 0.2) is 48.7 Å². The maximum absolute atomic E-state index is 10.6. The van der Waals surface area contributed by atoms with Gasteiger partial charge in [0.15, 0.2) is 0 Å². The summed E-state index contributed by atoms with van der Waals surface area (Å²) in [6.45, 7) is 1.74. The number of ether oxygens (including phenoxy) is 1. The standard InChI is InChI=1S/C14H15NO2/c1-14(16,11-7-4-3-5-8-11)12-9-6-10-15-13(12)17-2/h3-10,16H,1-2H3/t14-/m0/s1. The van der Waals surface area contributed by atoms with Crippen molar-refractivity contribution in [1.82, 2.24) is 4.98 Å². The Morgan fingerprint density at radius 1 is 1.12 bits per heavy atom. The SMILES string of the molecule is COc1ncccc1[C@@](C)(O)c1ccccc1. The molecule has 3 heteroatoms. The summed E-state index contributed by atoms with van der Waals surface area (Å²) in [5.41, 5.74) is 0.362. The molecule has 17 heavy (non-hydrogen) atoms. The van der Waals surface area contributed by atoms with Crippen LogP contribution >= 0.6 is 0 Å². The average molecular weight is 229 g/mol. The summed E-state index contributed by atoms with van der Waals surface area (Å²) in [4.78, 5) is 4.11. The molecule has 0 saturated carbocycles. The highest BCUT2D eigenvalue weighted by Crippen LogP contribution is 2.33. The topological polar surface area (TPSA) is 42.4 Å². The lowest BCUT2D eigenvalue weighted by molar-refractivity contribution is 0.0981. The predicted octanol–water partition coefficient (Wildman–Crippen LogP) is 2.35. The molecule has 1 aromatic heterocycles. The van der Waals surface area contributed by atoms with E-state index in [4.69, 9.17) is 4.74 Å². The minimum Gasteiger partial charge on any atom is -0.481 e. The van der Waals surface area contributed by atoms with Gasteiger partial charge in [0.05, 0.1) is 7.11 Å². The Hall–Kier alpha value is -1.87. The molecule has 3 nitrogen and oxygen atoms in total. The summed E-state index contributed by atoms with van der Waals surface area (Å²) < 4.78 is 5.18. The molecular weight excluding hydrogens is 214 g/mol. The summed E-state index contributed by atoms with van der Waals surface area (Å²) in [5, 5.41) is 10.6. The van der Waals surface area contributed by atoms with Crippen molar-refractivity contribution >= 4 is 0 Å². The van der Waals surface area contributed by atoms with Crippen molar-refractivity contribution in [3.8, 4) is 5.88 Å². The Morgan fingerprint density at radius 2 is 1.82 bits per heavy atom. The van der Waals surface area contributed by atoms with Crippen LogP contribution in [-0.2, 0) is 5.60 Å². The zero-order chi connectivity index (χ0) is 12.3. The molecule has 2 aromatic rings. The maximum Gasteiger partial charge on any atom is 0.219 e. The van der Waals surface area contributed by atoms with Gasteiger partial charge in [0.25, 0.3) is 0 Å². The Morgan fingerprint density at radius 3 is 2.47 bits per heavy atom. The molecular formula is C14H15NO2. The van der Waals surface area contributed by atoms with Crippen LogP contribution in [0.5, 0.6) is 5.88 Å². The molecule has 2 rings (SSSR count). The van der Waals surface area contributed by atoms with Gasteiger partial charge in [-0.1, -0.05) is 30.3 Å². The van der Waals surface area contributed by atoms with Crippen LogP contribution in [-0.4, -0.2) is 17.2 Å². The number of aromatic nitrogens is 1. The largest absolute Gasteiger partial charge is 0.481 e. The Kier molecular flexibility index (Phi) is 3.11. The third-order valence-electron chi connectivity index (χ3n) is 2.82. The van der Waals surface area contributed by atoms with Crippen LogP contribution in [0.1, 0.15) is 18.1 Å². The first kappa shape index (κ1) is 11.6. The molecule has 0 saturated heterocycles. The lowest BCUT2D eigenvalue weighted by Crippen LogP contribution is -2.23. The zero-order valence-electron chi connectivity index (χ0n) is 9.92. The van der Waals surface area contributed by atoms with E-state index >= 15 is 0 Å². The van der Waals surface area contributed by atoms with Gasteiger partial charge in [-0.25, -0.2) is 4.98 Å². The fourth-order valence-electron chi connectivity index (χ4n) is 1.84. The van der Waals surface area contributed by atoms with E-state index < -0.39 is 5.60 Å². The zero-order valence-corrected chi connectivity index (χ0v) is 9.92. The summed E-state index contributed by atoms with van der Waals surface area (Å²) in [5.74, 6) is 0.446. The fraction of sp³-hybridized carbons (Fsp3) is 0.214. The molecule has 0 aliphatic heterocycles. The lowest BCUT2D eigenvalue weighted by atomic mass is 9.89.